The quantitative estimate of drug-likeness (QED) is 0.374. The lowest BCUT2D eigenvalue weighted by Gasteiger charge is -2.17. The number of carbonyl (C=O) groups excluding carboxylic acids is 2. The Kier molecular flexibility index (Phi) is 5.99. The molecule has 1 saturated carbocycles. The Morgan fingerprint density at radius 2 is 1.76 bits per heavy atom. The van der Waals surface area contributed by atoms with Gasteiger partial charge in [-0.05, 0) is 71.8 Å². The van der Waals surface area contributed by atoms with Crippen LogP contribution in [0.3, 0.4) is 0 Å². The van der Waals surface area contributed by atoms with Gasteiger partial charge in [-0.2, -0.15) is 0 Å². The van der Waals surface area contributed by atoms with Gasteiger partial charge in [-0.25, -0.2) is 4.98 Å². The van der Waals surface area contributed by atoms with Gasteiger partial charge in [0, 0.05) is 24.6 Å². The molecule has 2 amide bonds. The van der Waals surface area contributed by atoms with Crippen molar-refractivity contribution in [1.82, 2.24) is 15.3 Å². The number of amides is 2. The van der Waals surface area contributed by atoms with Crippen LogP contribution in [0.5, 0.6) is 11.5 Å². The van der Waals surface area contributed by atoms with Crippen molar-refractivity contribution in [2.75, 3.05) is 12.1 Å². The molecule has 8 heteroatoms. The number of ether oxygens (including phenoxy) is 2. The van der Waals surface area contributed by atoms with Gasteiger partial charge in [0.1, 0.15) is 5.69 Å². The van der Waals surface area contributed by atoms with Gasteiger partial charge in [-0.3, -0.25) is 14.6 Å². The Morgan fingerprint density at radius 3 is 2.53 bits per heavy atom. The van der Waals surface area contributed by atoms with Crippen molar-refractivity contribution in [1.29, 1.82) is 0 Å². The molecule has 0 unspecified atom stereocenters. The number of nitrogens with zero attached hydrogens (tertiary/aromatic N) is 2. The van der Waals surface area contributed by atoms with Gasteiger partial charge < -0.3 is 20.1 Å². The van der Waals surface area contributed by atoms with E-state index >= 15 is 0 Å². The molecule has 1 fully saturated rings. The van der Waals surface area contributed by atoms with E-state index in [1.165, 1.54) is 18.6 Å². The number of aryl methyl sites for hydroxylation is 1. The van der Waals surface area contributed by atoms with Crippen LogP contribution in [0.1, 0.15) is 40.0 Å². The Balaban J connectivity index is 1.14. The third kappa shape index (κ3) is 4.56. The number of carbonyl (C=O) groups is 2. The second kappa shape index (κ2) is 9.63. The molecule has 1 aliphatic heterocycles. The van der Waals surface area contributed by atoms with Crippen LogP contribution in [-0.2, 0) is 16.8 Å². The van der Waals surface area contributed by atoms with Crippen molar-refractivity contribution >= 4 is 17.5 Å². The molecule has 0 bridgehead atoms. The largest absolute Gasteiger partial charge is 0.454 e. The summed E-state index contributed by atoms with van der Waals surface area (Å²) in [6.45, 7) is 2.64. The number of nitrogens with one attached hydrogen (secondary N) is 2. The average molecular weight is 507 g/mol. The van der Waals surface area contributed by atoms with Crippen LogP contribution in [0.15, 0.2) is 79.3 Å². The maximum atomic E-state index is 13.4. The third-order valence-corrected chi connectivity index (χ3v) is 7.12. The minimum atomic E-state index is -0.538. The van der Waals surface area contributed by atoms with Gasteiger partial charge in [-0.1, -0.05) is 36.4 Å². The van der Waals surface area contributed by atoms with E-state index in [-0.39, 0.29) is 24.3 Å². The Hall–Kier alpha value is -4.72. The first kappa shape index (κ1) is 23.7. The first-order valence-corrected chi connectivity index (χ1v) is 12.5. The highest BCUT2D eigenvalue weighted by Crippen LogP contribution is 2.51. The van der Waals surface area contributed by atoms with Crippen molar-refractivity contribution in [3.8, 4) is 22.6 Å². The monoisotopic (exact) mass is 506 g/mol. The Morgan fingerprint density at radius 1 is 0.947 bits per heavy atom. The van der Waals surface area contributed by atoms with E-state index in [0.29, 0.717) is 18.0 Å². The van der Waals surface area contributed by atoms with Gasteiger partial charge in [0.05, 0.1) is 11.6 Å². The lowest BCUT2D eigenvalue weighted by atomic mass is 9.94. The van der Waals surface area contributed by atoms with E-state index in [1.807, 2.05) is 67.6 Å². The smallest absolute Gasteiger partial charge is 0.271 e. The second-order valence-electron chi connectivity index (χ2n) is 9.60. The molecule has 2 heterocycles. The highest BCUT2D eigenvalue weighted by atomic mass is 16.7. The van der Waals surface area contributed by atoms with Gasteiger partial charge in [-0.15, -0.1) is 0 Å². The molecule has 2 aliphatic rings. The highest BCUT2D eigenvalue weighted by Gasteiger charge is 2.51. The number of benzene rings is 3. The Bertz CT molecular complexity index is 1520. The molecule has 0 atom stereocenters. The van der Waals surface area contributed by atoms with Gasteiger partial charge in [0.15, 0.2) is 11.5 Å². The molecule has 4 aromatic rings. The van der Waals surface area contributed by atoms with Crippen LogP contribution in [0.2, 0.25) is 0 Å². The van der Waals surface area contributed by atoms with Crippen LogP contribution in [0.25, 0.3) is 11.1 Å². The average Bonchev–Trinajstić information content (AvgIpc) is 3.64. The molecular formula is C30H26N4O4. The molecule has 38 heavy (non-hydrogen) atoms. The van der Waals surface area contributed by atoms with E-state index in [1.54, 1.807) is 0 Å². The SMILES string of the molecule is Cc1ccc(NC(=O)C2(c3ccc4c(c3)OCO4)CC2)cc1-c1ccc(CNC(=O)c2cnccn2)cc1. The summed E-state index contributed by atoms with van der Waals surface area (Å²) in [5.41, 5.74) is 5.58. The fraction of sp³-hybridized carbons (Fsp3) is 0.200. The first-order valence-electron chi connectivity index (χ1n) is 12.5. The molecular weight excluding hydrogens is 480 g/mol. The Labute approximate surface area is 220 Å². The summed E-state index contributed by atoms with van der Waals surface area (Å²) in [5.74, 6) is 1.12. The lowest BCUT2D eigenvalue weighted by Crippen LogP contribution is -2.27. The zero-order chi connectivity index (χ0) is 26.1. The molecule has 3 aromatic carbocycles. The van der Waals surface area contributed by atoms with E-state index < -0.39 is 5.41 Å². The van der Waals surface area contributed by atoms with E-state index in [9.17, 15) is 9.59 Å². The normalized spacial score (nSPS) is 14.6. The highest BCUT2D eigenvalue weighted by molar-refractivity contribution is 6.02. The van der Waals surface area contributed by atoms with E-state index in [4.69, 9.17) is 9.47 Å². The molecule has 0 spiro atoms. The zero-order valence-corrected chi connectivity index (χ0v) is 20.9. The number of hydrogen-bond donors (Lipinski definition) is 2. The van der Waals surface area contributed by atoms with Crippen LogP contribution in [0.4, 0.5) is 5.69 Å². The molecule has 2 N–H and O–H groups in total. The number of rotatable bonds is 7. The predicted molar refractivity (Wildman–Crippen MR) is 142 cm³/mol. The molecule has 0 radical (unpaired) electrons. The van der Waals surface area contributed by atoms with Crippen LogP contribution in [0, 0.1) is 6.92 Å². The van der Waals surface area contributed by atoms with Crippen molar-refractivity contribution in [3.63, 3.8) is 0 Å². The molecule has 0 saturated heterocycles. The fourth-order valence-corrected chi connectivity index (χ4v) is 4.72. The molecule has 1 aromatic heterocycles. The van der Waals surface area contributed by atoms with Crippen LogP contribution < -0.4 is 20.1 Å². The van der Waals surface area contributed by atoms with E-state index in [0.717, 1.165) is 46.3 Å². The summed E-state index contributed by atoms with van der Waals surface area (Å²) in [5, 5.41) is 6.00. The number of fused-ring (bicyclic) bond motifs is 1. The fourth-order valence-electron chi connectivity index (χ4n) is 4.72. The molecule has 190 valence electrons. The number of hydrogen-bond acceptors (Lipinski definition) is 6. The minimum Gasteiger partial charge on any atom is -0.454 e. The third-order valence-electron chi connectivity index (χ3n) is 7.12. The summed E-state index contributed by atoms with van der Waals surface area (Å²) in [6, 6.07) is 19.7. The van der Waals surface area contributed by atoms with Crippen molar-refractivity contribution in [2.24, 2.45) is 0 Å². The second-order valence-corrected chi connectivity index (χ2v) is 9.60. The van der Waals surface area contributed by atoms with Gasteiger partial charge >= 0.3 is 0 Å². The predicted octanol–water partition coefficient (Wildman–Crippen LogP) is 4.78. The van der Waals surface area contributed by atoms with Crippen molar-refractivity contribution < 1.29 is 19.1 Å². The topological polar surface area (TPSA) is 102 Å². The van der Waals surface area contributed by atoms with Crippen molar-refractivity contribution in [2.45, 2.75) is 31.7 Å². The first-order chi connectivity index (χ1) is 18.5. The van der Waals surface area contributed by atoms with E-state index in [2.05, 4.69) is 20.6 Å². The zero-order valence-electron chi connectivity index (χ0n) is 20.9. The summed E-state index contributed by atoms with van der Waals surface area (Å²) < 4.78 is 10.9. The van der Waals surface area contributed by atoms with Crippen molar-refractivity contribution in [3.05, 3.63) is 102 Å². The number of aromatic nitrogens is 2. The van der Waals surface area contributed by atoms with Gasteiger partial charge in [0.25, 0.3) is 5.91 Å². The lowest BCUT2D eigenvalue weighted by molar-refractivity contribution is -0.118. The minimum absolute atomic E-state index is 0.0136. The maximum Gasteiger partial charge on any atom is 0.271 e. The summed E-state index contributed by atoms with van der Waals surface area (Å²) in [7, 11) is 0. The van der Waals surface area contributed by atoms with Crippen LogP contribution >= 0.6 is 0 Å². The summed E-state index contributed by atoms with van der Waals surface area (Å²) in [4.78, 5) is 33.6. The summed E-state index contributed by atoms with van der Waals surface area (Å²) in [6.07, 6.45) is 6.05. The molecule has 6 rings (SSSR count). The number of anilines is 1. The van der Waals surface area contributed by atoms with Crippen LogP contribution in [-0.4, -0.2) is 28.6 Å². The maximum absolute atomic E-state index is 13.4. The standard InChI is InChI=1S/C30H26N4O4/c1-19-2-8-23(34-29(36)30(10-11-30)22-7-9-26-27(14-22)38-18-37-26)15-24(19)21-5-3-20(4-6-21)16-33-28(35)25-17-31-12-13-32-25/h2-9,12-15,17H,10-11,16,18H2,1H3,(H,33,35)(H,34,36). The molecule has 1 aliphatic carbocycles. The molecule has 8 nitrogen and oxygen atoms in total. The van der Waals surface area contributed by atoms with Gasteiger partial charge in [0.2, 0.25) is 12.7 Å². The summed E-state index contributed by atoms with van der Waals surface area (Å²) >= 11 is 0.